The Morgan fingerprint density at radius 1 is 1.38 bits per heavy atom. The van der Waals surface area contributed by atoms with Crippen LogP contribution in [0.1, 0.15) is 28.5 Å². The van der Waals surface area contributed by atoms with Gasteiger partial charge in [-0.15, -0.1) is 0 Å². The summed E-state index contributed by atoms with van der Waals surface area (Å²) in [5, 5.41) is 3.89. The monoisotopic (exact) mass is 306 g/mol. The zero-order valence-electron chi connectivity index (χ0n) is 12.5. The van der Waals surface area contributed by atoms with Gasteiger partial charge in [-0.1, -0.05) is 6.07 Å². The molecule has 0 aliphatic rings. The topological polar surface area (TPSA) is 60.5 Å². The molecule has 2 aromatic rings. The lowest BCUT2D eigenvalue weighted by atomic mass is 10.2. The molecule has 2 rings (SSSR count). The van der Waals surface area contributed by atoms with Crippen LogP contribution >= 0.6 is 11.5 Å². The Bertz CT molecular complexity index is 652. The Labute approximate surface area is 128 Å². The van der Waals surface area contributed by atoms with Gasteiger partial charge < -0.3 is 14.8 Å². The third-order valence-corrected chi connectivity index (χ3v) is 3.80. The maximum absolute atomic E-state index is 12.0. The molecule has 112 valence electrons. The van der Waals surface area contributed by atoms with Crippen LogP contribution in [0.2, 0.25) is 0 Å². The lowest BCUT2D eigenvalue weighted by Gasteiger charge is -2.11. The summed E-state index contributed by atoms with van der Waals surface area (Å²) in [5.74, 6) is 0.347. The first-order valence-electron chi connectivity index (χ1n) is 6.61. The standard InChI is InChI=1S/C15H18N2O3S/c1-5-20-15(18)13-10(3)17-21-14(13)16-11-8-9(2)6-7-12(11)19-4/h6-8,16H,5H2,1-4H3. The highest BCUT2D eigenvalue weighted by molar-refractivity contribution is 7.10. The summed E-state index contributed by atoms with van der Waals surface area (Å²) >= 11 is 1.23. The van der Waals surface area contributed by atoms with Crippen molar-refractivity contribution in [1.29, 1.82) is 0 Å². The van der Waals surface area contributed by atoms with E-state index in [4.69, 9.17) is 9.47 Å². The number of ether oxygens (including phenoxy) is 2. The predicted octanol–water partition coefficient (Wildman–Crippen LogP) is 3.69. The Kier molecular flexibility index (Phi) is 4.80. The Morgan fingerprint density at radius 3 is 2.81 bits per heavy atom. The first-order chi connectivity index (χ1) is 10.1. The Hall–Kier alpha value is -2.08. The number of aryl methyl sites for hydroxylation is 2. The van der Waals surface area contributed by atoms with Crippen molar-refractivity contribution in [2.24, 2.45) is 0 Å². The summed E-state index contributed by atoms with van der Waals surface area (Å²) in [4.78, 5) is 12.0. The molecule has 6 heteroatoms. The number of nitrogens with zero attached hydrogens (tertiary/aromatic N) is 1. The Balaban J connectivity index is 2.36. The van der Waals surface area contributed by atoms with Crippen LogP contribution in [0, 0.1) is 13.8 Å². The van der Waals surface area contributed by atoms with Crippen molar-refractivity contribution in [2.45, 2.75) is 20.8 Å². The van der Waals surface area contributed by atoms with Gasteiger partial charge in [-0.05, 0) is 50.0 Å². The van der Waals surface area contributed by atoms with E-state index < -0.39 is 0 Å². The largest absolute Gasteiger partial charge is 0.495 e. The van der Waals surface area contributed by atoms with Gasteiger partial charge in [-0.25, -0.2) is 4.79 Å². The Morgan fingerprint density at radius 2 is 2.14 bits per heavy atom. The number of hydrogen-bond acceptors (Lipinski definition) is 6. The summed E-state index contributed by atoms with van der Waals surface area (Å²) in [6, 6.07) is 5.81. The van der Waals surface area contributed by atoms with Crippen molar-refractivity contribution in [3.8, 4) is 5.75 Å². The zero-order valence-corrected chi connectivity index (χ0v) is 13.3. The van der Waals surface area contributed by atoms with Gasteiger partial charge in [0.25, 0.3) is 0 Å². The van der Waals surface area contributed by atoms with E-state index in [-0.39, 0.29) is 5.97 Å². The van der Waals surface area contributed by atoms with Gasteiger partial charge in [0, 0.05) is 0 Å². The number of methoxy groups -OCH3 is 1. The molecule has 0 atom stereocenters. The summed E-state index contributed by atoms with van der Waals surface area (Å²) in [6.45, 7) is 5.90. The molecule has 0 saturated carbocycles. The van der Waals surface area contributed by atoms with Gasteiger partial charge in [0.1, 0.15) is 16.3 Å². The second-order valence-electron chi connectivity index (χ2n) is 4.52. The maximum Gasteiger partial charge on any atom is 0.343 e. The number of aromatic nitrogens is 1. The molecule has 0 saturated heterocycles. The van der Waals surface area contributed by atoms with Crippen LogP contribution in [0.25, 0.3) is 0 Å². The molecule has 0 aliphatic heterocycles. The molecular formula is C15H18N2O3S. The molecule has 0 spiro atoms. The maximum atomic E-state index is 12.0. The van der Waals surface area contributed by atoms with Crippen LogP contribution in [0.4, 0.5) is 10.7 Å². The summed E-state index contributed by atoms with van der Waals surface area (Å²) in [6.07, 6.45) is 0. The van der Waals surface area contributed by atoms with Crippen LogP contribution in [0.5, 0.6) is 5.75 Å². The van der Waals surface area contributed by atoms with Gasteiger partial charge >= 0.3 is 5.97 Å². The molecule has 0 unspecified atom stereocenters. The third-order valence-electron chi connectivity index (χ3n) is 2.95. The second-order valence-corrected chi connectivity index (χ2v) is 5.29. The first-order valence-corrected chi connectivity index (χ1v) is 7.39. The third kappa shape index (κ3) is 3.33. The molecule has 5 nitrogen and oxygen atoms in total. The number of esters is 1. The SMILES string of the molecule is CCOC(=O)c1c(C)nsc1Nc1cc(C)ccc1OC. The summed E-state index contributed by atoms with van der Waals surface area (Å²) < 4.78 is 14.6. The molecule has 21 heavy (non-hydrogen) atoms. The fraction of sp³-hybridized carbons (Fsp3) is 0.333. The van der Waals surface area contributed by atoms with Crippen LogP contribution in [0.3, 0.4) is 0 Å². The molecule has 1 aromatic carbocycles. The molecule has 1 N–H and O–H groups in total. The second kappa shape index (κ2) is 6.58. The number of carbonyl (C=O) groups is 1. The van der Waals surface area contributed by atoms with Gasteiger partial charge in [-0.2, -0.15) is 4.37 Å². The van der Waals surface area contributed by atoms with E-state index >= 15 is 0 Å². The lowest BCUT2D eigenvalue weighted by Crippen LogP contribution is -2.07. The van der Waals surface area contributed by atoms with Crippen LogP contribution < -0.4 is 10.1 Å². The predicted molar refractivity (Wildman–Crippen MR) is 83.8 cm³/mol. The minimum atomic E-state index is -0.363. The lowest BCUT2D eigenvalue weighted by molar-refractivity contribution is 0.0527. The highest BCUT2D eigenvalue weighted by atomic mass is 32.1. The first kappa shape index (κ1) is 15.3. The summed E-state index contributed by atoms with van der Waals surface area (Å²) in [5.41, 5.74) is 3.03. The minimum Gasteiger partial charge on any atom is -0.495 e. The van der Waals surface area contributed by atoms with Gasteiger partial charge in [0.05, 0.1) is 25.1 Å². The van der Waals surface area contributed by atoms with Crippen molar-refractivity contribution in [3.63, 3.8) is 0 Å². The molecule has 0 fully saturated rings. The average molecular weight is 306 g/mol. The average Bonchev–Trinajstić information content (AvgIpc) is 2.80. The van der Waals surface area contributed by atoms with E-state index in [2.05, 4.69) is 9.69 Å². The minimum absolute atomic E-state index is 0.335. The fourth-order valence-corrected chi connectivity index (χ4v) is 2.74. The van der Waals surface area contributed by atoms with E-state index in [1.54, 1.807) is 21.0 Å². The van der Waals surface area contributed by atoms with Gasteiger partial charge in [0.15, 0.2) is 0 Å². The highest BCUT2D eigenvalue weighted by Gasteiger charge is 2.20. The molecular weight excluding hydrogens is 288 g/mol. The van der Waals surface area contributed by atoms with Crippen LogP contribution in [-0.4, -0.2) is 24.1 Å². The van der Waals surface area contributed by atoms with Gasteiger partial charge in [0.2, 0.25) is 0 Å². The van der Waals surface area contributed by atoms with E-state index in [1.165, 1.54) is 11.5 Å². The molecule has 1 aromatic heterocycles. The highest BCUT2D eigenvalue weighted by Crippen LogP contribution is 2.33. The smallest absolute Gasteiger partial charge is 0.343 e. The van der Waals surface area contributed by atoms with Crippen molar-refractivity contribution < 1.29 is 14.3 Å². The van der Waals surface area contributed by atoms with Crippen molar-refractivity contribution in [3.05, 3.63) is 35.0 Å². The van der Waals surface area contributed by atoms with Crippen LogP contribution in [-0.2, 0) is 4.74 Å². The van der Waals surface area contributed by atoms with E-state index in [9.17, 15) is 4.79 Å². The van der Waals surface area contributed by atoms with Crippen molar-refractivity contribution in [1.82, 2.24) is 4.37 Å². The van der Waals surface area contributed by atoms with E-state index in [0.717, 1.165) is 11.3 Å². The van der Waals surface area contributed by atoms with Crippen molar-refractivity contribution in [2.75, 3.05) is 19.0 Å². The molecule has 0 amide bonds. The number of nitrogens with one attached hydrogen (secondary N) is 1. The number of carbonyl (C=O) groups excluding carboxylic acids is 1. The zero-order chi connectivity index (χ0) is 15.4. The normalized spacial score (nSPS) is 10.3. The van der Waals surface area contributed by atoms with Crippen LogP contribution in [0.15, 0.2) is 18.2 Å². The quantitative estimate of drug-likeness (QED) is 0.854. The van der Waals surface area contributed by atoms with E-state index in [1.807, 2.05) is 25.1 Å². The molecule has 1 heterocycles. The molecule has 0 aliphatic carbocycles. The number of hydrogen-bond donors (Lipinski definition) is 1. The summed E-state index contributed by atoms with van der Waals surface area (Å²) in [7, 11) is 1.61. The van der Waals surface area contributed by atoms with E-state index in [0.29, 0.717) is 28.6 Å². The number of rotatable bonds is 5. The number of benzene rings is 1. The van der Waals surface area contributed by atoms with Gasteiger partial charge in [-0.3, -0.25) is 0 Å². The number of anilines is 2. The van der Waals surface area contributed by atoms with Crippen molar-refractivity contribution >= 4 is 28.2 Å². The molecule has 0 radical (unpaired) electrons. The fourth-order valence-electron chi connectivity index (χ4n) is 1.94. The molecule has 0 bridgehead atoms.